The number of nitrogens with zero attached hydrogens (tertiary/aromatic N) is 1. The summed E-state index contributed by atoms with van der Waals surface area (Å²) in [5, 5.41) is 9.65. The summed E-state index contributed by atoms with van der Waals surface area (Å²) in [4.78, 5) is 2.30. The molecule has 3 N–H and O–H groups in total. The molecule has 0 aliphatic rings. The summed E-state index contributed by atoms with van der Waals surface area (Å²) in [7, 11) is 0. The fourth-order valence-electron chi connectivity index (χ4n) is 1.76. The molecule has 17 heavy (non-hydrogen) atoms. The minimum absolute atomic E-state index is 0.0709. The van der Waals surface area contributed by atoms with Gasteiger partial charge in [-0.3, -0.25) is 0 Å². The zero-order chi connectivity index (χ0) is 13.0. The van der Waals surface area contributed by atoms with Gasteiger partial charge in [-0.15, -0.1) is 0 Å². The molecule has 0 aromatic heterocycles. The topological polar surface area (TPSA) is 49.5 Å². The van der Waals surface area contributed by atoms with Crippen molar-refractivity contribution in [1.29, 1.82) is 0 Å². The Balaban J connectivity index is 3.27. The summed E-state index contributed by atoms with van der Waals surface area (Å²) in [5.74, 6) is 0. The highest BCUT2D eigenvalue weighted by atomic mass is 35.5. The van der Waals surface area contributed by atoms with Gasteiger partial charge in [-0.25, -0.2) is 0 Å². The lowest BCUT2D eigenvalue weighted by Crippen LogP contribution is -2.35. The third kappa shape index (κ3) is 3.31. The van der Waals surface area contributed by atoms with E-state index < -0.39 is 0 Å². The zero-order valence-electron chi connectivity index (χ0n) is 9.98. The summed E-state index contributed by atoms with van der Waals surface area (Å²) < 4.78 is 0. The quantitative estimate of drug-likeness (QED) is 0.807. The highest BCUT2D eigenvalue weighted by Gasteiger charge is 2.17. The van der Waals surface area contributed by atoms with Gasteiger partial charge >= 0.3 is 0 Å². The molecule has 0 amide bonds. The van der Waals surface area contributed by atoms with Crippen molar-refractivity contribution < 1.29 is 5.11 Å². The lowest BCUT2D eigenvalue weighted by atomic mass is 10.1. The first-order valence-electron chi connectivity index (χ1n) is 5.44. The van der Waals surface area contributed by atoms with Gasteiger partial charge < -0.3 is 15.7 Å². The summed E-state index contributed by atoms with van der Waals surface area (Å²) in [5.41, 5.74) is 7.25. The number of halogens is 1. The van der Waals surface area contributed by atoms with Gasteiger partial charge in [0.05, 0.1) is 17.2 Å². The van der Waals surface area contributed by atoms with Gasteiger partial charge in [0.25, 0.3) is 0 Å². The molecule has 0 aliphatic carbocycles. The second kappa shape index (κ2) is 6.19. The molecular formula is C12H17ClN2OS. The maximum Gasteiger partial charge on any atom is 0.107 e. The second-order valence-electron chi connectivity index (χ2n) is 4.01. The van der Waals surface area contributed by atoms with Crippen molar-refractivity contribution in [1.82, 2.24) is 0 Å². The van der Waals surface area contributed by atoms with Crippen LogP contribution in [0.3, 0.4) is 0 Å². The molecule has 0 heterocycles. The molecule has 1 aromatic carbocycles. The molecule has 0 bridgehead atoms. The van der Waals surface area contributed by atoms with Gasteiger partial charge in [0.15, 0.2) is 0 Å². The van der Waals surface area contributed by atoms with E-state index in [0.717, 1.165) is 5.69 Å². The number of hydrogen-bond donors (Lipinski definition) is 2. The highest BCUT2D eigenvalue weighted by molar-refractivity contribution is 7.80. The maximum absolute atomic E-state index is 9.11. The molecule has 0 saturated heterocycles. The number of aliphatic hydroxyl groups is 1. The molecule has 5 heteroatoms. The molecule has 94 valence electrons. The minimum Gasteiger partial charge on any atom is -0.395 e. The smallest absolute Gasteiger partial charge is 0.107 e. The van der Waals surface area contributed by atoms with Crippen molar-refractivity contribution >= 4 is 34.5 Å². The Morgan fingerprint density at radius 3 is 2.65 bits per heavy atom. The van der Waals surface area contributed by atoms with E-state index in [2.05, 4.69) is 0 Å². The van der Waals surface area contributed by atoms with Crippen molar-refractivity contribution in [2.75, 3.05) is 18.1 Å². The van der Waals surface area contributed by atoms with Gasteiger partial charge in [0.2, 0.25) is 0 Å². The number of aliphatic hydroxyl groups excluding tert-OH is 1. The van der Waals surface area contributed by atoms with Crippen molar-refractivity contribution in [2.24, 2.45) is 5.73 Å². The molecule has 0 unspecified atom stereocenters. The summed E-state index contributed by atoms with van der Waals surface area (Å²) >= 11 is 11.1. The zero-order valence-corrected chi connectivity index (χ0v) is 11.6. The van der Waals surface area contributed by atoms with E-state index in [1.807, 2.05) is 30.9 Å². The van der Waals surface area contributed by atoms with Gasteiger partial charge in [-0.2, -0.15) is 0 Å². The first kappa shape index (κ1) is 14.2. The Hall–Kier alpha value is -0.840. The van der Waals surface area contributed by atoms with Crippen LogP contribution in [0.4, 0.5) is 5.69 Å². The Kier molecular flexibility index (Phi) is 5.18. The SMILES string of the molecule is CC(C)N(CCO)c1cccc(Cl)c1C(N)=S. The van der Waals surface area contributed by atoms with Crippen molar-refractivity contribution in [2.45, 2.75) is 19.9 Å². The fraction of sp³-hybridized carbons (Fsp3) is 0.417. The van der Waals surface area contributed by atoms with E-state index >= 15 is 0 Å². The van der Waals surface area contributed by atoms with Crippen LogP contribution < -0.4 is 10.6 Å². The minimum atomic E-state index is 0.0709. The van der Waals surface area contributed by atoms with E-state index in [1.54, 1.807) is 6.07 Å². The van der Waals surface area contributed by atoms with Crippen LogP contribution in [0.25, 0.3) is 0 Å². The molecule has 0 radical (unpaired) electrons. The number of thiocarbonyl (C=S) groups is 1. The van der Waals surface area contributed by atoms with Gasteiger partial charge in [-0.05, 0) is 26.0 Å². The van der Waals surface area contributed by atoms with Crippen LogP contribution in [0.15, 0.2) is 18.2 Å². The van der Waals surface area contributed by atoms with Crippen molar-refractivity contribution in [3.63, 3.8) is 0 Å². The Morgan fingerprint density at radius 2 is 2.18 bits per heavy atom. The van der Waals surface area contributed by atoms with Crippen LogP contribution in [0.2, 0.25) is 5.02 Å². The molecule has 0 atom stereocenters. The average molecular weight is 273 g/mol. The first-order chi connectivity index (χ1) is 7.99. The highest BCUT2D eigenvalue weighted by Crippen LogP contribution is 2.28. The van der Waals surface area contributed by atoms with Crippen molar-refractivity contribution in [3.05, 3.63) is 28.8 Å². The molecule has 0 aliphatic heterocycles. The monoisotopic (exact) mass is 272 g/mol. The third-order valence-corrected chi connectivity index (χ3v) is 3.03. The standard InChI is InChI=1S/C12H17ClN2OS/c1-8(2)15(6-7-16)10-5-3-4-9(13)11(10)12(14)17/h3-5,8,16H,6-7H2,1-2H3,(H2,14,17). The van der Waals surface area contributed by atoms with Gasteiger partial charge in [0.1, 0.15) is 4.99 Å². The third-order valence-electron chi connectivity index (χ3n) is 2.51. The number of hydrogen-bond acceptors (Lipinski definition) is 3. The van der Waals surface area contributed by atoms with Crippen LogP contribution in [0, 0.1) is 0 Å². The van der Waals surface area contributed by atoms with E-state index in [-0.39, 0.29) is 17.6 Å². The largest absolute Gasteiger partial charge is 0.395 e. The lowest BCUT2D eigenvalue weighted by molar-refractivity contribution is 0.299. The predicted octanol–water partition coefficient (Wildman–Crippen LogP) is 2.18. The average Bonchev–Trinajstić information content (AvgIpc) is 2.24. The van der Waals surface area contributed by atoms with E-state index in [4.69, 9.17) is 34.7 Å². The molecular weight excluding hydrogens is 256 g/mol. The molecule has 0 fully saturated rings. The van der Waals surface area contributed by atoms with E-state index in [1.165, 1.54) is 0 Å². The van der Waals surface area contributed by atoms with Crippen LogP contribution in [-0.4, -0.2) is 29.3 Å². The van der Waals surface area contributed by atoms with Crippen LogP contribution >= 0.6 is 23.8 Å². The normalized spacial score (nSPS) is 10.6. The molecule has 3 nitrogen and oxygen atoms in total. The Morgan fingerprint density at radius 1 is 1.53 bits per heavy atom. The summed E-state index contributed by atoms with van der Waals surface area (Å²) in [6.07, 6.45) is 0. The molecule has 0 spiro atoms. The van der Waals surface area contributed by atoms with Crippen LogP contribution in [0.1, 0.15) is 19.4 Å². The second-order valence-corrected chi connectivity index (χ2v) is 4.86. The van der Waals surface area contributed by atoms with E-state index in [0.29, 0.717) is 17.1 Å². The summed E-state index contributed by atoms with van der Waals surface area (Å²) in [6, 6.07) is 5.76. The van der Waals surface area contributed by atoms with Crippen LogP contribution in [-0.2, 0) is 0 Å². The molecule has 1 aromatic rings. The Labute approximate surface area is 112 Å². The number of nitrogens with two attached hydrogens (primary N) is 1. The van der Waals surface area contributed by atoms with Crippen LogP contribution in [0.5, 0.6) is 0 Å². The Bertz CT molecular complexity index is 409. The number of rotatable bonds is 5. The molecule has 0 saturated carbocycles. The van der Waals surface area contributed by atoms with Gasteiger partial charge in [-0.1, -0.05) is 29.9 Å². The van der Waals surface area contributed by atoms with Crippen molar-refractivity contribution in [3.8, 4) is 0 Å². The maximum atomic E-state index is 9.11. The van der Waals surface area contributed by atoms with E-state index in [9.17, 15) is 0 Å². The summed E-state index contributed by atoms with van der Waals surface area (Å²) in [6.45, 7) is 4.68. The lowest BCUT2D eigenvalue weighted by Gasteiger charge is -2.30. The number of anilines is 1. The molecule has 1 rings (SSSR count). The predicted molar refractivity (Wildman–Crippen MR) is 76.9 cm³/mol. The van der Waals surface area contributed by atoms with Gasteiger partial charge in [0, 0.05) is 18.3 Å². The first-order valence-corrected chi connectivity index (χ1v) is 6.23. The number of benzene rings is 1. The fourth-order valence-corrected chi connectivity index (χ4v) is 2.30.